The van der Waals surface area contributed by atoms with Crippen LogP contribution < -0.4 is 16.4 Å². The molecule has 0 saturated carbocycles. The van der Waals surface area contributed by atoms with Crippen LogP contribution in [0.2, 0.25) is 0 Å². The van der Waals surface area contributed by atoms with E-state index in [0.717, 1.165) is 0 Å². The van der Waals surface area contributed by atoms with Gasteiger partial charge in [0.15, 0.2) is 6.10 Å². The number of benzene rings is 1. The molecular formula is C19H26N4O5. The van der Waals surface area contributed by atoms with Crippen molar-refractivity contribution in [1.29, 1.82) is 0 Å². The maximum Gasteiger partial charge on any atom is 0.321 e. The molecule has 1 heterocycles. The predicted molar refractivity (Wildman–Crippen MR) is 102 cm³/mol. The normalized spacial score (nSPS) is 15.6. The van der Waals surface area contributed by atoms with Crippen LogP contribution in [0.4, 0.5) is 15.3 Å². The van der Waals surface area contributed by atoms with Crippen molar-refractivity contribution < 1.29 is 23.9 Å². The van der Waals surface area contributed by atoms with E-state index in [0.29, 0.717) is 31.6 Å². The molecule has 0 aromatic heterocycles. The van der Waals surface area contributed by atoms with Crippen molar-refractivity contribution >= 4 is 29.6 Å². The monoisotopic (exact) mass is 390 g/mol. The van der Waals surface area contributed by atoms with Gasteiger partial charge in [0.2, 0.25) is 0 Å². The van der Waals surface area contributed by atoms with Crippen LogP contribution in [-0.4, -0.2) is 48.0 Å². The van der Waals surface area contributed by atoms with Gasteiger partial charge in [-0.1, -0.05) is 32.0 Å². The SMILES string of the molecule is CC(C)[C@@H](OC(=O)C1CCN(C(=O)Nc2ccccc2)CC1)C(=O)NC(N)=O. The molecule has 1 aliphatic rings. The van der Waals surface area contributed by atoms with Crippen LogP contribution in [0.3, 0.4) is 0 Å². The summed E-state index contributed by atoms with van der Waals surface area (Å²) in [6.07, 6.45) is -0.230. The lowest BCUT2D eigenvalue weighted by Crippen LogP contribution is -2.47. The third-order valence-corrected chi connectivity index (χ3v) is 4.49. The van der Waals surface area contributed by atoms with Crippen LogP contribution in [0.5, 0.6) is 0 Å². The number of nitrogens with one attached hydrogen (secondary N) is 2. The average molecular weight is 390 g/mol. The lowest BCUT2D eigenvalue weighted by molar-refractivity contribution is -0.163. The second kappa shape index (κ2) is 9.72. The van der Waals surface area contributed by atoms with Gasteiger partial charge in [0.1, 0.15) is 0 Å². The summed E-state index contributed by atoms with van der Waals surface area (Å²) in [5.74, 6) is -1.99. The predicted octanol–water partition coefficient (Wildman–Crippen LogP) is 1.69. The van der Waals surface area contributed by atoms with Gasteiger partial charge in [-0.25, -0.2) is 9.59 Å². The van der Waals surface area contributed by atoms with Crippen molar-refractivity contribution in [2.75, 3.05) is 18.4 Å². The van der Waals surface area contributed by atoms with Gasteiger partial charge in [-0.2, -0.15) is 0 Å². The van der Waals surface area contributed by atoms with Crippen LogP contribution in [0.1, 0.15) is 26.7 Å². The first-order valence-corrected chi connectivity index (χ1v) is 9.19. The lowest BCUT2D eigenvalue weighted by Gasteiger charge is -2.32. The quantitative estimate of drug-likeness (QED) is 0.659. The zero-order valence-electron chi connectivity index (χ0n) is 16.0. The number of urea groups is 2. The first-order valence-electron chi connectivity index (χ1n) is 9.19. The molecule has 28 heavy (non-hydrogen) atoms. The van der Waals surface area contributed by atoms with Gasteiger partial charge < -0.3 is 20.7 Å². The Labute approximate surface area is 163 Å². The number of anilines is 1. The average Bonchev–Trinajstić information content (AvgIpc) is 2.66. The van der Waals surface area contributed by atoms with E-state index in [4.69, 9.17) is 10.5 Å². The summed E-state index contributed by atoms with van der Waals surface area (Å²) in [5.41, 5.74) is 5.65. The number of ether oxygens (including phenoxy) is 1. The molecule has 1 saturated heterocycles. The van der Waals surface area contributed by atoms with Crippen LogP contribution in [0, 0.1) is 11.8 Å². The van der Waals surface area contributed by atoms with Crippen LogP contribution in [-0.2, 0) is 14.3 Å². The summed E-state index contributed by atoms with van der Waals surface area (Å²) >= 11 is 0. The second-order valence-corrected chi connectivity index (χ2v) is 7.01. The molecule has 0 bridgehead atoms. The molecule has 4 N–H and O–H groups in total. The molecule has 1 aromatic rings. The van der Waals surface area contributed by atoms with E-state index in [9.17, 15) is 19.2 Å². The van der Waals surface area contributed by atoms with Crippen molar-refractivity contribution in [1.82, 2.24) is 10.2 Å². The maximum absolute atomic E-state index is 12.4. The number of imide groups is 1. The number of hydrogen-bond acceptors (Lipinski definition) is 5. The maximum atomic E-state index is 12.4. The fourth-order valence-corrected chi connectivity index (χ4v) is 2.95. The summed E-state index contributed by atoms with van der Waals surface area (Å²) in [6, 6.07) is 7.90. The van der Waals surface area contributed by atoms with Crippen molar-refractivity contribution in [3.8, 4) is 0 Å². The third kappa shape index (κ3) is 5.97. The number of nitrogens with two attached hydrogens (primary N) is 1. The van der Waals surface area contributed by atoms with E-state index >= 15 is 0 Å². The van der Waals surface area contributed by atoms with Crippen molar-refractivity contribution in [3.63, 3.8) is 0 Å². The van der Waals surface area contributed by atoms with Gasteiger partial charge in [-0.3, -0.25) is 14.9 Å². The Kier molecular flexibility index (Phi) is 7.36. The standard InChI is InChI=1S/C19H26N4O5/c1-12(2)15(16(24)22-18(20)26)28-17(25)13-8-10-23(11-9-13)19(27)21-14-6-4-3-5-7-14/h3-7,12-13,15H,8-11H2,1-2H3,(H,21,27)(H3,20,22,24,26)/t15-/m1/s1. The molecule has 152 valence electrons. The highest BCUT2D eigenvalue weighted by molar-refractivity contribution is 5.97. The van der Waals surface area contributed by atoms with Crippen molar-refractivity contribution in [3.05, 3.63) is 30.3 Å². The molecule has 5 amide bonds. The number of para-hydroxylation sites is 1. The molecule has 1 atom stereocenters. The van der Waals surface area contributed by atoms with Crippen molar-refractivity contribution in [2.45, 2.75) is 32.8 Å². The number of likely N-dealkylation sites (tertiary alicyclic amines) is 1. The molecule has 0 radical (unpaired) electrons. The van der Waals surface area contributed by atoms with E-state index in [1.807, 2.05) is 23.5 Å². The largest absolute Gasteiger partial charge is 0.452 e. The van der Waals surface area contributed by atoms with E-state index < -0.39 is 29.9 Å². The zero-order valence-corrected chi connectivity index (χ0v) is 16.0. The summed E-state index contributed by atoms with van der Waals surface area (Å²) in [7, 11) is 0. The molecular weight excluding hydrogens is 364 g/mol. The minimum absolute atomic E-state index is 0.223. The summed E-state index contributed by atoms with van der Waals surface area (Å²) in [4.78, 5) is 49.2. The Morgan fingerprint density at radius 3 is 2.25 bits per heavy atom. The number of hydrogen-bond donors (Lipinski definition) is 3. The second-order valence-electron chi connectivity index (χ2n) is 7.01. The van der Waals surface area contributed by atoms with Gasteiger partial charge in [0.05, 0.1) is 5.92 Å². The lowest BCUT2D eigenvalue weighted by atomic mass is 9.97. The third-order valence-electron chi connectivity index (χ3n) is 4.49. The van der Waals surface area contributed by atoms with Gasteiger partial charge in [-0.05, 0) is 30.9 Å². The molecule has 1 aliphatic heterocycles. The highest BCUT2D eigenvalue weighted by atomic mass is 16.5. The van der Waals surface area contributed by atoms with Crippen LogP contribution in [0.15, 0.2) is 30.3 Å². The molecule has 1 fully saturated rings. The molecule has 2 rings (SSSR count). The van der Waals surface area contributed by atoms with Gasteiger partial charge in [0.25, 0.3) is 5.91 Å². The molecule has 0 aliphatic carbocycles. The number of nitrogens with zero attached hydrogens (tertiary/aromatic N) is 1. The van der Waals surface area contributed by atoms with Crippen LogP contribution in [0.25, 0.3) is 0 Å². The Morgan fingerprint density at radius 2 is 1.71 bits per heavy atom. The van der Waals surface area contributed by atoms with Gasteiger partial charge in [0, 0.05) is 18.8 Å². The number of esters is 1. The summed E-state index contributed by atoms with van der Waals surface area (Å²) in [6.45, 7) is 4.21. The molecule has 9 nitrogen and oxygen atoms in total. The topological polar surface area (TPSA) is 131 Å². The Balaban J connectivity index is 1.85. The number of amides is 5. The number of rotatable bonds is 5. The fourth-order valence-electron chi connectivity index (χ4n) is 2.95. The van der Waals surface area contributed by atoms with E-state index in [1.165, 1.54) is 0 Å². The molecule has 0 spiro atoms. The number of piperidine rings is 1. The Hall–Kier alpha value is -3.10. The summed E-state index contributed by atoms with van der Waals surface area (Å²) in [5, 5.41) is 4.75. The first kappa shape index (κ1) is 21.2. The van der Waals surface area contributed by atoms with Crippen LogP contribution >= 0.6 is 0 Å². The number of carbonyl (C=O) groups excluding carboxylic acids is 4. The van der Waals surface area contributed by atoms with Gasteiger partial charge >= 0.3 is 18.0 Å². The van der Waals surface area contributed by atoms with Crippen molar-refractivity contribution in [2.24, 2.45) is 17.6 Å². The number of carbonyl (C=O) groups is 4. The smallest absolute Gasteiger partial charge is 0.321 e. The van der Waals surface area contributed by atoms with E-state index in [2.05, 4.69) is 5.32 Å². The highest BCUT2D eigenvalue weighted by Gasteiger charge is 2.33. The highest BCUT2D eigenvalue weighted by Crippen LogP contribution is 2.21. The zero-order chi connectivity index (χ0) is 20.7. The summed E-state index contributed by atoms with van der Waals surface area (Å²) < 4.78 is 5.33. The first-order chi connectivity index (χ1) is 13.3. The fraction of sp³-hybridized carbons (Fsp3) is 0.474. The van der Waals surface area contributed by atoms with E-state index in [1.54, 1.807) is 30.9 Å². The Bertz CT molecular complexity index is 714. The Morgan fingerprint density at radius 1 is 1.11 bits per heavy atom. The molecule has 9 heteroatoms. The minimum Gasteiger partial charge on any atom is -0.452 e. The minimum atomic E-state index is -1.10. The van der Waals surface area contributed by atoms with Gasteiger partial charge in [-0.15, -0.1) is 0 Å². The molecule has 0 unspecified atom stereocenters. The molecule has 1 aromatic carbocycles. The van der Waals surface area contributed by atoms with E-state index in [-0.39, 0.29) is 11.9 Å². The number of primary amides is 1.